The molecule has 0 saturated carbocycles. The van der Waals surface area contributed by atoms with E-state index in [-0.39, 0.29) is 11.6 Å². The number of nitro benzene ring substituents is 1. The fraction of sp³-hybridized carbons (Fsp3) is 0.167. The van der Waals surface area contributed by atoms with Crippen LogP contribution in [0.25, 0.3) is 6.08 Å². The summed E-state index contributed by atoms with van der Waals surface area (Å²) in [6.07, 6.45) is 3.64. The number of nitro groups is 1. The average Bonchev–Trinajstić information content (AvgIpc) is 2.60. The molecule has 1 N–H and O–H groups in total. The van der Waals surface area contributed by atoms with Crippen LogP contribution in [-0.4, -0.2) is 23.1 Å². The lowest BCUT2D eigenvalue weighted by atomic mass is 10.1. The number of carbonyl (C=O) groups excluding carboxylic acids is 1. The Kier molecular flexibility index (Phi) is 7.04. The van der Waals surface area contributed by atoms with Gasteiger partial charge in [0.05, 0.1) is 10.5 Å². The summed E-state index contributed by atoms with van der Waals surface area (Å²) in [5.41, 5.74) is 0.401. The molecule has 1 amide bonds. The molecule has 24 heavy (non-hydrogen) atoms. The molecule has 0 spiro atoms. The number of hydrogen-bond donors (Lipinski definition) is 1. The van der Waals surface area contributed by atoms with Crippen LogP contribution < -0.4 is 5.32 Å². The van der Waals surface area contributed by atoms with E-state index >= 15 is 0 Å². The van der Waals surface area contributed by atoms with E-state index in [1.165, 1.54) is 23.1 Å². The van der Waals surface area contributed by atoms with Gasteiger partial charge in [0, 0.05) is 23.6 Å². The topological polar surface area (TPSA) is 72.2 Å². The maximum absolute atomic E-state index is 11.8. The van der Waals surface area contributed by atoms with Gasteiger partial charge in [-0.2, -0.15) is 0 Å². The summed E-state index contributed by atoms with van der Waals surface area (Å²) in [6, 6.07) is 16.4. The standard InChI is InChI=1S/C18H18N2O3S/c21-18(12-11-15-7-4-5-10-17(15)20(22)23)19-13-6-14-24-16-8-2-1-3-9-16/h1-5,7-12H,6,13-14H2,(H,19,21)/b12-11+. The first-order valence-corrected chi connectivity index (χ1v) is 8.52. The highest BCUT2D eigenvalue weighted by Gasteiger charge is 2.09. The highest BCUT2D eigenvalue weighted by molar-refractivity contribution is 7.99. The molecule has 6 heteroatoms. The van der Waals surface area contributed by atoms with Gasteiger partial charge in [0.15, 0.2) is 0 Å². The SMILES string of the molecule is O=C(/C=C/c1ccccc1[N+](=O)[O-])NCCCSc1ccccc1. The molecule has 0 heterocycles. The summed E-state index contributed by atoms with van der Waals surface area (Å²) >= 11 is 1.74. The maximum Gasteiger partial charge on any atom is 0.276 e. The summed E-state index contributed by atoms with van der Waals surface area (Å²) in [5.74, 6) is 0.663. The number of thioether (sulfide) groups is 1. The second-order valence-electron chi connectivity index (χ2n) is 4.96. The van der Waals surface area contributed by atoms with Crippen molar-refractivity contribution in [2.75, 3.05) is 12.3 Å². The Morgan fingerprint density at radius 2 is 1.83 bits per heavy atom. The van der Waals surface area contributed by atoms with Crippen molar-refractivity contribution in [2.24, 2.45) is 0 Å². The summed E-state index contributed by atoms with van der Waals surface area (Å²) in [7, 11) is 0. The lowest BCUT2D eigenvalue weighted by molar-refractivity contribution is -0.385. The molecule has 2 aromatic rings. The van der Waals surface area contributed by atoms with E-state index in [2.05, 4.69) is 17.4 Å². The minimum atomic E-state index is -0.460. The number of rotatable bonds is 8. The third kappa shape index (κ3) is 5.89. The lowest BCUT2D eigenvalue weighted by Crippen LogP contribution is -2.22. The van der Waals surface area contributed by atoms with Gasteiger partial charge in [-0.1, -0.05) is 30.3 Å². The van der Waals surface area contributed by atoms with Crippen LogP contribution in [0.3, 0.4) is 0 Å². The molecule has 124 valence electrons. The van der Waals surface area contributed by atoms with Gasteiger partial charge in [0.1, 0.15) is 0 Å². The number of para-hydroxylation sites is 1. The fourth-order valence-corrected chi connectivity index (χ4v) is 2.88. The van der Waals surface area contributed by atoms with Crippen molar-refractivity contribution < 1.29 is 9.72 Å². The summed E-state index contributed by atoms with van der Waals surface area (Å²) in [5, 5.41) is 13.7. The molecule has 0 fully saturated rings. The molecule has 2 rings (SSSR count). The van der Waals surface area contributed by atoms with Crippen LogP contribution in [0.1, 0.15) is 12.0 Å². The van der Waals surface area contributed by atoms with Crippen LogP contribution in [0.15, 0.2) is 65.6 Å². The normalized spacial score (nSPS) is 10.7. The van der Waals surface area contributed by atoms with Crippen molar-refractivity contribution in [3.63, 3.8) is 0 Å². The zero-order valence-corrected chi connectivity index (χ0v) is 13.9. The molecule has 0 unspecified atom stereocenters. The van der Waals surface area contributed by atoms with Crippen molar-refractivity contribution in [2.45, 2.75) is 11.3 Å². The van der Waals surface area contributed by atoms with Crippen molar-refractivity contribution >= 4 is 29.4 Å². The van der Waals surface area contributed by atoms with Gasteiger partial charge in [0.25, 0.3) is 5.69 Å². The number of amides is 1. The molecule has 0 aliphatic rings. The van der Waals surface area contributed by atoms with Gasteiger partial charge < -0.3 is 5.32 Å². The van der Waals surface area contributed by atoms with Crippen LogP contribution in [0.2, 0.25) is 0 Å². The highest BCUT2D eigenvalue weighted by Crippen LogP contribution is 2.19. The van der Waals surface area contributed by atoms with E-state index in [0.29, 0.717) is 12.1 Å². The molecule has 0 aliphatic carbocycles. The van der Waals surface area contributed by atoms with Crippen molar-refractivity contribution in [3.8, 4) is 0 Å². The van der Waals surface area contributed by atoms with Crippen LogP contribution in [0, 0.1) is 10.1 Å². The smallest absolute Gasteiger partial charge is 0.276 e. The summed E-state index contributed by atoms with van der Waals surface area (Å²) < 4.78 is 0. The first-order chi connectivity index (χ1) is 11.7. The van der Waals surface area contributed by atoms with E-state index in [4.69, 9.17) is 0 Å². The molecular formula is C18H18N2O3S. The van der Waals surface area contributed by atoms with E-state index < -0.39 is 4.92 Å². The van der Waals surface area contributed by atoms with Crippen molar-refractivity contribution in [3.05, 3.63) is 76.4 Å². The Balaban J connectivity index is 1.72. The molecule has 0 aliphatic heterocycles. The second-order valence-corrected chi connectivity index (χ2v) is 6.12. The Hall–Kier alpha value is -2.60. The van der Waals surface area contributed by atoms with Gasteiger partial charge in [-0.15, -0.1) is 11.8 Å². The predicted octanol–water partition coefficient (Wildman–Crippen LogP) is 3.91. The van der Waals surface area contributed by atoms with Gasteiger partial charge in [0.2, 0.25) is 5.91 Å². The quantitative estimate of drug-likeness (QED) is 0.260. The third-order valence-corrected chi connectivity index (χ3v) is 4.28. The first-order valence-electron chi connectivity index (χ1n) is 7.54. The Morgan fingerprint density at radius 3 is 2.58 bits per heavy atom. The molecule has 0 atom stereocenters. The molecule has 2 aromatic carbocycles. The highest BCUT2D eigenvalue weighted by atomic mass is 32.2. The van der Waals surface area contributed by atoms with Crippen LogP contribution in [-0.2, 0) is 4.79 Å². The van der Waals surface area contributed by atoms with E-state index in [1.54, 1.807) is 30.0 Å². The lowest BCUT2D eigenvalue weighted by Gasteiger charge is -2.03. The van der Waals surface area contributed by atoms with E-state index in [1.807, 2.05) is 18.2 Å². The van der Waals surface area contributed by atoms with Crippen LogP contribution >= 0.6 is 11.8 Å². The van der Waals surface area contributed by atoms with Crippen LogP contribution in [0.4, 0.5) is 5.69 Å². The molecule has 0 aromatic heterocycles. The monoisotopic (exact) mass is 342 g/mol. The number of benzene rings is 2. The summed E-state index contributed by atoms with van der Waals surface area (Å²) in [6.45, 7) is 0.569. The van der Waals surface area contributed by atoms with E-state index in [0.717, 1.165) is 12.2 Å². The number of carbonyl (C=O) groups is 1. The Labute approximate surface area is 144 Å². The molecule has 0 radical (unpaired) electrons. The number of nitrogens with one attached hydrogen (secondary N) is 1. The largest absolute Gasteiger partial charge is 0.353 e. The minimum absolute atomic E-state index is 0.0131. The molecule has 5 nitrogen and oxygen atoms in total. The first kappa shape index (κ1) is 17.7. The van der Waals surface area contributed by atoms with Crippen molar-refractivity contribution in [1.29, 1.82) is 0 Å². The van der Waals surface area contributed by atoms with Gasteiger partial charge in [-0.05, 0) is 36.4 Å². The fourth-order valence-electron chi connectivity index (χ4n) is 2.01. The van der Waals surface area contributed by atoms with Gasteiger partial charge >= 0.3 is 0 Å². The Morgan fingerprint density at radius 1 is 1.12 bits per heavy atom. The predicted molar refractivity (Wildman–Crippen MR) is 96.9 cm³/mol. The molecule has 0 saturated heterocycles. The van der Waals surface area contributed by atoms with E-state index in [9.17, 15) is 14.9 Å². The third-order valence-electron chi connectivity index (χ3n) is 3.18. The van der Waals surface area contributed by atoms with Gasteiger partial charge in [-0.3, -0.25) is 14.9 Å². The zero-order chi connectivity index (χ0) is 17.2. The van der Waals surface area contributed by atoms with Crippen molar-refractivity contribution in [1.82, 2.24) is 5.32 Å². The zero-order valence-electron chi connectivity index (χ0n) is 13.1. The molecule has 0 bridgehead atoms. The average molecular weight is 342 g/mol. The number of hydrogen-bond acceptors (Lipinski definition) is 4. The maximum atomic E-state index is 11.8. The second kappa shape index (κ2) is 9.52. The Bertz CT molecular complexity index is 717. The molecular weight excluding hydrogens is 324 g/mol. The van der Waals surface area contributed by atoms with Gasteiger partial charge in [-0.25, -0.2) is 0 Å². The summed E-state index contributed by atoms with van der Waals surface area (Å²) in [4.78, 5) is 23.4. The number of nitrogens with zero attached hydrogens (tertiary/aromatic N) is 1. The van der Waals surface area contributed by atoms with Crippen LogP contribution in [0.5, 0.6) is 0 Å². The minimum Gasteiger partial charge on any atom is -0.353 e.